The van der Waals surface area contributed by atoms with Gasteiger partial charge in [0, 0.05) is 36.6 Å². The van der Waals surface area contributed by atoms with Gasteiger partial charge >= 0.3 is 0 Å². The number of rotatable bonds is 4. The smallest absolute Gasteiger partial charge is 0.220 e. The van der Waals surface area contributed by atoms with Gasteiger partial charge in [0.1, 0.15) is 6.10 Å². The molecule has 1 aromatic carbocycles. The van der Waals surface area contributed by atoms with Gasteiger partial charge in [0.15, 0.2) is 5.78 Å². The van der Waals surface area contributed by atoms with Crippen molar-refractivity contribution in [1.29, 1.82) is 0 Å². The van der Waals surface area contributed by atoms with E-state index in [2.05, 4.69) is 0 Å². The van der Waals surface area contributed by atoms with Crippen molar-refractivity contribution in [2.45, 2.75) is 52.2 Å². The molecule has 1 unspecified atom stereocenters. The maximum absolute atomic E-state index is 11.9. The van der Waals surface area contributed by atoms with Crippen LogP contribution >= 0.6 is 0 Å². The van der Waals surface area contributed by atoms with Crippen LogP contribution in [0.3, 0.4) is 0 Å². The topological polar surface area (TPSA) is 46.6 Å². The zero-order valence-corrected chi connectivity index (χ0v) is 14.3. The second kappa shape index (κ2) is 6.99. The van der Waals surface area contributed by atoms with E-state index in [1.807, 2.05) is 51.1 Å². The monoisotopic (exact) mass is 315 g/mol. The Balaban J connectivity index is 2.00. The van der Waals surface area contributed by atoms with Gasteiger partial charge in [-0.05, 0) is 33.3 Å². The van der Waals surface area contributed by atoms with Crippen LogP contribution in [0.15, 0.2) is 36.6 Å². The molecule has 0 saturated heterocycles. The van der Waals surface area contributed by atoms with Crippen LogP contribution in [0, 0.1) is 0 Å². The fourth-order valence-corrected chi connectivity index (χ4v) is 2.90. The SMILES string of the molecule is CC(=O)N(CC=COC1CCC(=O)c2ccccc21)C(C)(C)C. The quantitative estimate of drug-likeness (QED) is 0.792. The van der Waals surface area contributed by atoms with Crippen LogP contribution in [0.5, 0.6) is 0 Å². The molecule has 0 bridgehead atoms. The summed E-state index contributed by atoms with van der Waals surface area (Å²) in [5, 5.41) is 0. The molecule has 0 radical (unpaired) electrons. The maximum atomic E-state index is 11.9. The minimum absolute atomic E-state index is 0.0377. The lowest BCUT2D eigenvalue weighted by Crippen LogP contribution is -2.44. The Morgan fingerprint density at radius 3 is 2.70 bits per heavy atom. The molecule has 0 spiro atoms. The first-order valence-corrected chi connectivity index (χ1v) is 8.01. The zero-order valence-electron chi connectivity index (χ0n) is 14.3. The lowest BCUT2D eigenvalue weighted by Gasteiger charge is -2.34. The molecule has 124 valence electrons. The Morgan fingerprint density at radius 1 is 1.35 bits per heavy atom. The van der Waals surface area contributed by atoms with E-state index in [1.54, 1.807) is 18.1 Å². The van der Waals surface area contributed by atoms with Gasteiger partial charge < -0.3 is 9.64 Å². The second-order valence-corrected chi connectivity index (χ2v) is 6.85. The predicted octanol–water partition coefficient (Wildman–Crippen LogP) is 3.88. The van der Waals surface area contributed by atoms with E-state index in [-0.39, 0.29) is 23.3 Å². The van der Waals surface area contributed by atoms with Crippen molar-refractivity contribution in [3.05, 3.63) is 47.7 Å². The number of hydrogen-bond donors (Lipinski definition) is 0. The molecule has 1 aromatic rings. The third-order valence-corrected chi connectivity index (χ3v) is 4.06. The molecule has 1 amide bonds. The third-order valence-electron chi connectivity index (χ3n) is 4.06. The van der Waals surface area contributed by atoms with Gasteiger partial charge in [0.25, 0.3) is 0 Å². The summed E-state index contributed by atoms with van der Waals surface area (Å²) < 4.78 is 5.83. The van der Waals surface area contributed by atoms with Crippen molar-refractivity contribution >= 4 is 11.7 Å². The number of fused-ring (bicyclic) bond motifs is 1. The van der Waals surface area contributed by atoms with Gasteiger partial charge in [-0.25, -0.2) is 0 Å². The lowest BCUT2D eigenvalue weighted by atomic mass is 9.88. The molecule has 0 fully saturated rings. The maximum Gasteiger partial charge on any atom is 0.220 e. The van der Waals surface area contributed by atoms with Crippen molar-refractivity contribution in [2.24, 2.45) is 0 Å². The fraction of sp³-hybridized carbons (Fsp3) is 0.474. The van der Waals surface area contributed by atoms with E-state index >= 15 is 0 Å². The van der Waals surface area contributed by atoms with Crippen LogP contribution in [0.2, 0.25) is 0 Å². The van der Waals surface area contributed by atoms with Crippen LogP contribution in [0.4, 0.5) is 0 Å². The number of nitrogens with zero attached hydrogens (tertiary/aromatic N) is 1. The van der Waals surface area contributed by atoms with Gasteiger partial charge in [-0.15, -0.1) is 0 Å². The second-order valence-electron chi connectivity index (χ2n) is 6.85. The third kappa shape index (κ3) is 4.21. The molecule has 4 nitrogen and oxygen atoms in total. The highest BCUT2D eigenvalue weighted by atomic mass is 16.5. The summed E-state index contributed by atoms with van der Waals surface area (Å²) in [7, 11) is 0. The first-order chi connectivity index (χ1) is 10.8. The van der Waals surface area contributed by atoms with Crippen molar-refractivity contribution in [3.63, 3.8) is 0 Å². The van der Waals surface area contributed by atoms with Gasteiger partial charge in [0.2, 0.25) is 5.91 Å². The van der Waals surface area contributed by atoms with E-state index in [4.69, 9.17) is 4.74 Å². The lowest BCUT2D eigenvalue weighted by molar-refractivity contribution is -0.132. The van der Waals surface area contributed by atoms with Crippen molar-refractivity contribution < 1.29 is 14.3 Å². The summed E-state index contributed by atoms with van der Waals surface area (Å²) in [6, 6.07) is 7.60. The minimum atomic E-state index is -0.222. The van der Waals surface area contributed by atoms with Crippen LogP contribution in [0.25, 0.3) is 0 Å². The van der Waals surface area contributed by atoms with E-state index < -0.39 is 0 Å². The first-order valence-electron chi connectivity index (χ1n) is 8.01. The summed E-state index contributed by atoms with van der Waals surface area (Å²) in [5.41, 5.74) is 1.49. The van der Waals surface area contributed by atoms with Gasteiger partial charge in [-0.3, -0.25) is 9.59 Å². The van der Waals surface area contributed by atoms with Gasteiger partial charge in [-0.2, -0.15) is 0 Å². The fourth-order valence-electron chi connectivity index (χ4n) is 2.90. The number of ketones is 1. The number of ether oxygens (including phenoxy) is 1. The van der Waals surface area contributed by atoms with E-state index in [9.17, 15) is 9.59 Å². The molecule has 0 aromatic heterocycles. The summed E-state index contributed by atoms with van der Waals surface area (Å²) >= 11 is 0. The molecule has 1 aliphatic carbocycles. The average Bonchev–Trinajstić information content (AvgIpc) is 2.47. The summed E-state index contributed by atoms with van der Waals surface area (Å²) in [6.07, 6.45) is 4.61. The molecule has 2 rings (SSSR count). The Morgan fingerprint density at radius 2 is 2.04 bits per heavy atom. The van der Waals surface area contributed by atoms with Gasteiger partial charge in [-0.1, -0.05) is 24.3 Å². The largest absolute Gasteiger partial charge is 0.494 e. The highest BCUT2D eigenvalue weighted by Crippen LogP contribution is 2.32. The molecule has 1 atom stereocenters. The van der Waals surface area contributed by atoms with Crippen LogP contribution in [-0.2, 0) is 9.53 Å². The summed E-state index contributed by atoms with van der Waals surface area (Å²) in [6.45, 7) is 8.10. The number of Topliss-reactive ketones (excluding diaryl/α,β-unsaturated/α-hetero) is 1. The standard InChI is InChI=1S/C19H25NO3/c1-14(21)20(19(2,3)4)12-7-13-23-18-11-10-17(22)15-8-5-6-9-16(15)18/h5-9,13,18H,10-12H2,1-4H3. The van der Waals surface area contributed by atoms with Crippen molar-refractivity contribution in [3.8, 4) is 0 Å². The number of carbonyl (C=O) groups is 2. The number of amides is 1. The zero-order chi connectivity index (χ0) is 17.0. The highest BCUT2D eigenvalue weighted by Gasteiger charge is 2.26. The molecule has 23 heavy (non-hydrogen) atoms. The van der Waals surface area contributed by atoms with E-state index in [0.717, 1.165) is 11.1 Å². The normalized spacial score (nSPS) is 17.9. The minimum Gasteiger partial charge on any atom is -0.494 e. The molecule has 4 heteroatoms. The van der Waals surface area contributed by atoms with Crippen LogP contribution < -0.4 is 0 Å². The molecule has 0 heterocycles. The number of benzene rings is 1. The average molecular weight is 315 g/mol. The first kappa shape index (κ1) is 17.3. The van der Waals surface area contributed by atoms with E-state index in [0.29, 0.717) is 19.4 Å². The molecular weight excluding hydrogens is 290 g/mol. The molecule has 1 aliphatic rings. The number of carbonyl (C=O) groups excluding carboxylic acids is 2. The summed E-state index contributed by atoms with van der Waals surface area (Å²) in [4.78, 5) is 25.4. The van der Waals surface area contributed by atoms with E-state index in [1.165, 1.54) is 0 Å². The number of hydrogen-bond acceptors (Lipinski definition) is 3. The Hall–Kier alpha value is -2.10. The van der Waals surface area contributed by atoms with Crippen molar-refractivity contribution in [1.82, 2.24) is 4.90 Å². The molecule has 0 saturated carbocycles. The van der Waals surface area contributed by atoms with Crippen molar-refractivity contribution in [2.75, 3.05) is 6.54 Å². The Kier molecular flexibility index (Phi) is 5.24. The predicted molar refractivity (Wildman–Crippen MR) is 90.1 cm³/mol. The van der Waals surface area contributed by atoms with Crippen LogP contribution in [0.1, 0.15) is 62.6 Å². The highest BCUT2D eigenvalue weighted by molar-refractivity contribution is 5.98. The van der Waals surface area contributed by atoms with Gasteiger partial charge in [0.05, 0.1) is 6.26 Å². The summed E-state index contributed by atoms with van der Waals surface area (Å²) in [5.74, 6) is 0.218. The molecule has 0 N–H and O–H groups in total. The Bertz CT molecular complexity index is 613. The molecular formula is C19H25NO3. The Labute approximate surface area is 138 Å². The van der Waals surface area contributed by atoms with Crippen LogP contribution in [-0.4, -0.2) is 28.7 Å². The molecule has 0 aliphatic heterocycles.